The number of benzene rings is 1. The third-order valence-electron chi connectivity index (χ3n) is 5.38. The lowest BCUT2D eigenvalue weighted by molar-refractivity contribution is -0.384. The Morgan fingerprint density at radius 3 is 2.30 bits per heavy atom. The van der Waals surface area contributed by atoms with Crippen molar-refractivity contribution in [1.82, 2.24) is 4.90 Å². The molecule has 1 heterocycles. The molecule has 5 nitrogen and oxygen atoms in total. The third-order valence-corrected chi connectivity index (χ3v) is 5.38. The summed E-state index contributed by atoms with van der Waals surface area (Å²) in [5.41, 5.74) is 1.53. The molecule has 0 spiro atoms. The molecule has 2 bridgehead atoms. The zero-order valence-corrected chi connectivity index (χ0v) is 11.5. The van der Waals surface area contributed by atoms with Crippen LogP contribution in [0.3, 0.4) is 0 Å². The van der Waals surface area contributed by atoms with Crippen molar-refractivity contribution in [3.63, 3.8) is 0 Å². The summed E-state index contributed by atoms with van der Waals surface area (Å²) in [5.74, 6) is 1.00. The second-order valence-corrected chi connectivity index (χ2v) is 6.42. The van der Waals surface area contributed by atoms with Crippen LogP contribution in [0, 0.1) is 16.0 Å². The zero-order valence-electron chi connectivity index (χ0n) is 11.5. The highest BCUT2D eigenvalue weighted by Crippen LogP contribution is 2.60. The summed E-state index contributed by atoms with van der Waals surface area (Å²) in [6.07, 6.45) is 4.16. The summed E-state index contributed by atoms with van der Waals surface area (Å²) < 4.78 is 0. The topological polar surface area (TPSA) is 49.6 Å². The lowest BCUT2D eigenvalue weighted by Gasteiger charge is -2.67. The van der Waals surface area contributed by atoms with E-state index in [4.69, 9.17) is 0 Å². The van der Waals surface area contributed by atoms with Crippen LogP contribution in [-0.2, 0) is 0 Å². The molecule has 0 N–H and O–H groups in total. The number of hydrogen-bond acceptors (Lipinski definition) is 4. The van der Waals surface area contributed by atoms with E-state index in [1.807, 2.05) is 12.1 Å². The second kappa shape index (κ2) is 4.19. The molecular weight excluding hydrogens is 254 g/mol. The maximum absolute atomic E-state index is 11.1. The molecule has 106 valence electrons. The summed E-state index contributed by atoms with van der Waals surface area (Å²) in [7, 11) is 0. The van der Waals surface area contributed by atoms with Gasteiger partial charge in [0, 0.05) is 37.8 Å². The maximum Gasteiger partial charge on any atom is 0.292 e. The van der Waals surface area contributed by atoms with Crippen LogP contribution in [0.15, 0.2) is 24.3 Å². The van der Waals surface area contributed by atoms with Gasteiger partial charge in [0.15, 0.2) is 0 Å². The molecule has 1 aliphatic heterocycles. The van der Waals surface area contributed by atoms with Gasteiger partial charge in [-0.05, 0) is 31.2 Å². The first-order valence-electron chi connectivity index (χ1n) is 7.41. The van der Waals surface area contributed by atoms with Crippen LogP contribution in [0.5, 0.6) is 0 Å². The molecule has 0 amide bonds. The lowest BCUT2D eigenvalue weighted by Crippen LogP contribution is -2.71. The summed E-state index contributed by atoms with van der Waals surface area (Å²) in [4.78, 5) is 15.6. The molecule has 1 aromatic rings. The average Bonchev–Trinajstić information content (AvgIpc) is 2.36. The highest BCUT2D eigenvalue weighted by atomic mass is 16.6. The quantitative estimate of drug-likeness (QED) is 0.626. The minimum Gasteiger partial charge on any atom is -0.363 e. The average molecular weight is 273 g/mol. The predicted octanol–water partition coefficient (Wildman–Crippen LogP) is 2.27. The second-order valence-electron chi connectivity index (χ2n) is 6.42. The Kier molecular flexibility index (Phi) is 2.54. The number of hydrogen-bond donors (Lipinski definition) is 0. The molecular formula is C15H19N3O2. The first kappa shape index (κ1) is 12.1. The molecule has 3 saturated carbocycles. The Balaban J connectivity index is 1.47. The summed E-state index contributed by atoms with van der Waals surface area (Å²) in [6.45, 7) is 3.88. The maximum atomic E-state index is 11.1. The van der Waals surface area contributed by atoms with Crippen molar-refractivity contribution in [2.75, 3.05) is 31.1 Å². The number of anilines is 1. The fourth-order valence-electron chi connectivity index (χ4n) is 4.13. The first-order chi connectivity index (χ1) is 9.68. The standard InChI is InChI=1S/C15H19N3O2/c19-18(20)14-4-2-1-3-13(14)16-5-7-17(8-6-16)15-9-12(10-15)11-15/h1-4,12H,5-11H2. The minimum absolute atomic E-state index is 0.228. The normalized spacial score (nSPS) is 32.4. The molecule has 1 saturated heterocycles. The Labute approximate surface area is 118 Å². The van der Waals surface area contributed by atoms with Crippen LogP contribution in [0.1, 0.15) is 19.3 Å². The number of nitro groups is 1. The van der Waals surface area contributed by atoms with Gasteiger partial charge in [-0.25, -0.2) is 0 Å². The van der Waals surface area contributed by atoms with Crippen molar-refractivity contribution >= 4 is 11.4 Å². The van der Waals surface area contributed by atoms with Gasteiger partial charge in [-0.2, -0.15) is 0 Å². The monoisotopic (exact) mass is 273 g/mol. The van der Waals surface area contributed by atoms with Gasteiger partial charge in [0.2, 0.25) is 0 Å². The van der Waals surface area contributed by atoms with E-state index in [0.717, 1.165) is 37.8 Å². The van der Waals surface area contributed by atoms with E-state index in [0.29, 0.717) is 5.54 Å². The van der Waals surface area contributed by atoms with Crippen LogP contribution in [0.25, 0.3) is 0 Å². The van der Waals surface area contributed by atoms with E-state index in [1.165, 1.54) is 19.3 Å². The van der Waals surface area contributed by atoms with Gasteiger partial charge in [0.1, 0.15) is 5.69 Å². The van der Waals surface area contributed by atoms with E-state index < -0.39 is 0 Å². The minimum atomic E-state index is -0.275. The van der Waals surface area contributed by atoms with Gasteiger partial charge in [-0.15, -0.1) is 0 Å². The smallest absolute Gasteiger partial charge is 0.292 e. The van der Waals surface area contributed by atoms with Crippen LogP contribution in [-0.4, -0.2) is 41.5 Å². The van der Waals surface area contributed by atoms with Crippen molar-refractivity contribution in [3.05, 3.63) is 34.4 Å². The van der Waals surface area contributed by atoms with Crippen LogP contribution >= 0.6 is 0 Å². The molecule has 20 heavy (non-hydrogen) atoms. The van der Waals surface area contributed by atoms with Gasteiger partial charge in [0.05, 0.1) is 4.92 Å². The molecule has 0 aromatic heterocycles. The summed E-state index contributed by atoms with van der Waals surface area (Å²) in [5, 5.41) is 11.1. The Bertz CT molecular complexity index is 535. The number of para-hydroxylation sites is 2. The molecule has 5 rings (SSSR count). The Hall–Kier alpha value is -1.62. The number of nitrogens with zero attached hydrogens (tertiary/aromatic N) is 3. The molecule has 3 aliphatic carbocycles. The summed E-state index contributed by atoms with van der Waals surface area (Å²) >= 11 is 0. The van der Waals surface area contributed by atoms with Gasteiger partial charge in [-0.1, -0.05) is 12.1 Å². The molecule has 0 radical (unpaired) electrons. The van der Waals surface area contributed by atoms with Crippen molar-refractivity contribution in [1.29, 1.82) is 0 Å². The summed E-state index contributed by atoms with van der Waals surface area (Å²) in [6, 6.07) is 7.09. The molecule has 4 fully saturated rings. The highest BCUT2D eigenvalue weighted by molar-refractivity contribution is 5.63. The largest absolute Gasteiger partial charge is 0.363 e. The number of rotatable bonds is 3. The van der Waals surface area contributed by atoms with Crippen molar-refractivity contribution < 1.29 is 4.92 Å². The lowest BCUT2D eigenvalue weighted by atomic mass is 9.49. The number of nitro benzene ring substituents is 1. The van der Waals surface area contributed by atoms with Crippen molar-refractivity contribution in [3.8, 4) is 0 Å². The third kappa shape index (κ3) is 1.66. The molecule has 5 heteroatoms. The molecule has 1 aromatic carbocycles. The fourth-order valence-corrected chi connectivity index (χ4v) is 4.13. The van der Waals surface area contributed by atoms with Gasteiger partial charge in [-0.3, -0.25) is 15.0 Å². The highest BCUT2D eigenvalue weighted by Gasteiger charge is 2.59. The van der Waals surface area contributed by atoms with E-state index in [-0.39, 0.29) is 10.6 Å². The van der Waals surface area contributed by atoms with Crippen molar-refractivity contribution in [2.24, 2.45) is 5.92 Å². The van der Waals surface area contributed by atoms with E-state index in [9.17, 15) is 10.1 Å². The van der Waals surface area contributed by atoms with Crippen LogP contribution < -0.4 is 4.90 Å². The van der Waals surface area contributed by atoms with E-state index >= 15 is 0 Å². The van der Waals surface area contributed by atoms with E-state index in [2.05, 4.69) is 9.80 Å². The molecule has 0 atom stereocenters. The van der Waals surface area contributed by atoms with Gasteiger partial charge >= 0.3 is 0 Å². The Morgan fingerprint density at radius 2 is 1.75 bits per heavy atom. The molecule has 4 aliphatic rings. The number of piperazine rings is 1. The first-order valence-corrected chi connectivity index (χ1v) is 7.41. The fraction of sp³-hybridized carbons (Fsp3) is 0.600. The van der Waals surface area contributed by atoms with E-state index in [1.54, 1.807) is 12.1 Å². The SMILES string of the molecule is O=[N+]([O-])c1ccccc1N1CCN(C23CC(C2)C3)CC1. The molecule has 0 unspecified atom stereocenters. The van der Waals surface area contributed by atoms with Gasteiger partial charge in [0.25, 0.3) is 5.69 Å². The zero-order chi connectivity index (χ0) is 13.7. The predicted molar refractivity (Wildman–Crippen MR) is 77.0 cm³/mol. The van der Waals surface area contributed by atoms with Crippen LogP contribution in [0.2, 0.25) is 0 Å². The van der Waals surface area contributed by atoms with Crippen molar-refractivity contribution in [2.45, 2.75) is 24.8 Å². The van der Waals surface area contributed by atoms with Crippen LogP contribution in [0.4, 0.5) is 11.4 Å². The van der Waals surface area contributed by atoms with Gasteiger partial charge < -0.3 is 4.90 Å². The Morgan fingerprint density at radius 1 is 1.10 bits per heavy atom.